The summed E-state index contributed by atoms with van der Waals surface area (Å²) in [6, 6.07) is 22.8. The van der Waals surface area contributed by atoms with Crippen LogP contribution < -0.4 is 15.8 Å². The first-order valence-corrected chi connectivity index (χ1v) is 12.6. The molecule has 2 aliphatic carbocycles. The molecule has 0 aromatic heterocycles. The van der Waals surface area contributed by atoms with Gasteiger partial charge in [-0.15, -0.1) is 11.6 Å². The molecule has 0 bridgehead atoms. The zero-order chi connectivity index (χ0) is 23.8. The van der Waals surface area contributed by atoms with Crippen molar-refractivity contribution in [1.29, 1.82) is 0 Å². The lowest BCUT2D eigenvalue weighted by molar-refractivity contribution is -0.121. The van der Waals surface area contributed by atoms with Gasteiger partial charge in [-0.1, -0.05) is 91.0 Å². The first-order valence-electron chi connectivity index (χ1n) is 12.2. The van der Waals surface area contributed by atoms with Crippen LogP contribution in [0.4, 0.5) is 0 Å². The number of rotatable bonds is 4. The number of halogens is 1. The third kappa shape index (κ3) is 3.98. The van der Waals surface area contributed by atoms with Crippen LogP contribution in [0.1, 0.15) is 34.4 Å². The Kier molecular flexibility index (Phi) is 5.75. The van der Waals surface area contributed by atoms with E-state index >= 15 is 0 Å². The second-order valence-corrected chi connectivity index (χ2v) is 9.78. The first-order chi connectivity index (χ1) is 17.2. The molecule has 0 amide bonds. The van der Waals surface area contributed by atoms with Crippen LogP contribution >= 0.6 is 11.6 Å². The fraction of sp³-hybridized carbons (Fsp3) is 0.156. The predicted molar refractivity (Wildman–Crippen MR) is 144 cm³/mol. The molecular formula is C32H26ClNO. The van der Waals surface area contributed by atoms with E-state index in [1.54, 1.807) is 0 Å². The summed E-state index contributed by atoms with van der Waals surface area (Å²) in [5.74, 6) is -0.138. The summed E-state index contributed by atoms with van der Waals surface area (Å²) in [6.07, 6.45) is 16.2. The highest BCUT2D eigenvalue weighted by Gasteiger charge is 2.33. The Bertz CT molecular complexity index is 1510. The fourth-order valence-corrected chi connectivity index (χ4v) is 5.88. The molecule has 1 heterocycles. The van der Waals surface area contributed by atoms with Crippen LogP contribution in [0.25, 0.3) is 23.3 Å². The van der Waals surface area contributed by atoms with Crippen molar-refractivity contribution in [3.05, 3.63) is 130 Å². The molecular weight excluding hydrogens is 450 g/mol. The average Bonchev–Trinajstić information content (AvgIpc) is 3.21. The van der Waals surface area contributed by atoms with Crippen molar-refractivity contribution in [1.82, 2.24) is 5.32 Å². The second kappa shape index (κ2) is 9.20. The van der Waals surface area contributed by atoms with Gasteiger partial charge in [-0.3, -0.25) is 4.79 Å². The van der Waals surface area contributed by atoms with Crippen LogP contribution in [-0.4, -0.2) is 5.78 Å². The van der Waals surface area contributed by atoms with E-state index < -0.39 is 5.38 Å². The Morgan fingerprint density at radius 3 is 2.60 bits per heavy atom. The number of nitrogens with one attached hydrogen (secondary N) is 1. The Hall–Kier alpha value is -3.62. The van der Waals surface area contributed by atoms with E-state index in [9.17, 15) is 4.79 Å². The third-order valence-corrected chi connectivity index (χ3v) is 7.78. The number of carbonyl (C=O) groups is 1. The summed E-state index contributed by atoms with van der Waals surface area (Å²) in [7, 11) is 0. The molecule has 3 aromatic carbocycles. The Morgan fingerprint density at radius 2 is 1.71 bits per heavy atom. The van der Waals surface area contributed by atoms with Crippen molar-refractivity contribution in [2.24, 2.45) is 5.92 Å². The van der Waals surface area contributed by atoms with E-state index in [1.807, 2.05) is 48.7 Å². The molecule has 3 atom stereocenters. The number of alkyl halides is 1. The smallest absolute Gasteiger partial charge is 0.162 e. The van der Waals surface area contributed by atoms with Crippen molar-refractivity contribution < 1.29 is 4.79 Å². The minimum absolute atomic E-state index is 0.0580. The van der Waals surface area contributed by atoms with E-state index in [0.717, 1.165) is 17.7 Å². The SMILES string of the molecule is O=C(C1C=c2c(ccc3c2=CCc2ccccc2-3)C(C2=CC=CC=CN2)C1)C(Cl)c1ccccc1. The summed E-state index contributed by atoms with van der Waals surface area (Å²) in [5.41, 5.74) is 7.07. The summed E-state index contributed by atoms with van der Waals surface area (Å²) in [6.45, 7) is 0. The first kappa shape index (κ1) is 21.9. The van der Waals surface area contributed by atoms with Gasteiger partial charge in [0, 0.05) is 23.7 Å². The highest BCUT2D eigenvalue weighted by molar-refractivity contribution is 6.31. The number of carbonyl (C=O) groups excluding carboxylic acids is 1. The molecule has 0 saturated heterocycles. The van der Waals surface area contributed by atoms with Crippen LogP contribution in [0.2, 0.25) is 0 Å². The van der Waals surface area contributed by atoms with E-state index in [4.69, 9.17) is 11.6 Å². The van der Waals surface area contributed by atoms with Crippen molar-refractivity contribution in [3.8, 4) is 11.1 Å². The van der Waals surface area contributed by atoms with E-state index in [-0.39, 0.29) is 17.6 Å². The fourth-order valence-electron chi connectivity index (χ4n) is 5.58. The Balaban J connectivity index is 1.51. The van der Waals surface area contributed by atoms with Crippen molar-refractivity contribution in [3.63, 3.8) is 0 Å². The molecule has 2 nitrogen and oxygen atoms in total. The number of ketones is 1. The third-order valence-electron chi connectivity index (χ3n) is 7.31. The number of Topliss-reactive ketones (excluding diaryl/α,β-unsaturated/α-hetero) is 1. The Labute approximate surface area is 210 Å². The predicted octanol–water partition coefficient (Wildman–Crippen LogP) is 5.68. The van der Waals surface area contributed by atoms with E-state index in [2.05, 4.69) is 66.0 Å². The van der Waals surface area contributed by atoms with Gasteiger partial charge in [0.2, 0.25) is 0 Å². The number of fused-ring (bicyclic) bond motifs is 5. The number of hydrogen-bond donors (Lipinski definition) is 1. The van der Waals surface area contributed by atoms with Gasteiger partial charge < -0.3 is 5.32 Å². The monoisotopic (exact) mass is 475 g/mol. The molecule has 0 radical (unpaired) electrons. The molecule has 0 spiro atoms. The lowest BCUT2D eigenvalue weighted by atomic mass is 9.75. The zero-order valence-electron chi connectivity index (χ0n) is 19.3. The largest absolute Gasteiger partial charge is 0.364 e. The molecule has 35 heavy (non-hydrogen) atoms. The molecule has 172 valence electrons. The van der Waals surface area contributed by atoms with Crippen LogP contribution in [0.3, 0.4) is 0 Å². The van der Waals surface area contributed by atoms with E-state index in [0.29, 0.717) is 6.42 Å². The molecule has 1 N–H and O–H groups in total. The maximum atomic E-state index is 13.7. The minimum atomic E-state index is -0.667. The van der Waals surface area contributed by atoms with Crippen LogP contribution in [-0.2, 0) is 11.2 Å². The number of hydrogen-bond acceptors (Lipinski definition) is 2. The summed E-state index contributed by atoms with van der Waals surface area (Å²) < 4.78 is 0. The van der Waals surface area contributed by atoms with E-state index in [1.165, 1.54) is 32.7 Å². The van der Waals surface area contributed by atoms with Gasteiger partial charge in [-0.25, -0.2) is 0 Å². The molecule has 3 heteroatoms. The summed E-state index contributed by atoms with van der Waals surface area (Å²) >= 11 is 6.76. The topological polar surface area (TPSA) is 29.1 Å². The standard InChI is InChI=1S/C32H26ClNO/c33-31(22-10-3-1-4-11-22)32(35)23-19-28-26-15-14-21-9-6-7-12-24(21)25(26)16-17-27(28)29(20-23)30-13-5-2-8-18-34-30/h1-13,15-19,23,29,31,34H,14,20H2. The molecule has 0 fully saturated rings. The molecule has 3 aromatic rings. The molecule has 1 aliphatic heterocycles. The minimum Gasteiger partial charge on any atom is -0.364 e. The second-order valence-electron chi connectivity index (χ2n) is 9.34. The zero-order valence-corrected chi connectivity index (χ0v) is 20.1. The van der Waals surface area contributed by atoms with Gasteiger partial charge in [0.15, 0.2) is 5.78 Å². The van der Waals surface area contributed by atoms with Crippen LogP contribution in [0.5, 0.6) is 0 Å². The summed E-state index contributed by atoms with van der Waals surface area (Å²) in [5, 5.41) is 5.19. The quantitative estimate of drug-likeness (QED) is 0.492. The van der Waals surface area contributed by atoms with Gasteiger partial charge in [0.1, 0.15) is 5.38 Å². The number of benzene rings is 3. The van der Waals surface area contributed by atoms with Gasteiger partial charge in [0.25, 0.3) is 0 Å². The molecule has 0 saturated carbocycles. The molecule has 3 aliphatic rings. The highest BCUT2D eigenvalue weighted by atomic mass is 35.5. The maximum absolute atomic E-state index is 13.7. The maximum Gasteiger partial charge on any atom is 0.162 e. The normalized spacial score (nSPS) is 20.5. The van der Waals surface area contributed by atoms with Gasteiger partial charge in [-0.2, -0.15) is 0 Å². The Morgan fingerprint density at radius 1 is 0.886 bits per heavy atom. The lowest BCUT2D eigenvalue weighted by Gasteiger charge is -2.30. The highest BCUT2D eigenvalue weighted by Crippen LogP contribution is 2.37. The lowest BCUT2D eigenvalue weighted by Crippen LogP contribution is -2.40. The average molecular weight is 476 g/mol. The summed E-state index contributed by atoms with van der Waals surface area (Å²) in [4.78, 5) is 13.7. The van der Waals surface area contributed by atoms with Crippen molar-refractivity contribution >= 4 is 29.5 Å². The van der Waals surface area contributed by atoms with Crippen molar-refractivity contribution in [2.45, 2.75) is 24.1 Å². The molecule has 6 rings (SSSR count). The van der Waals surface area contributed by atoms with Crippen molar-refractivity contribution in [2.75, 3.05) is 0 Å². The van der Waals surface area contributed by atoms with Crippen LogP contribution in [0, 0.1) is 5.92 Å². The van der Waals surface area contributed by atoms with Gasteiger partial charge in [0.05, 0.1) is 0 Å². The van der Waals surface area contributed by atoms with Gasteiger partial charge in [-0.05, 0) is 63.2 Å². The number of allylic oxidation sites excluding steroid dienone is 5. The molecule has 3 unspecified atom stereocenters. The van der Waals surface area contributed by atoms with Crippen LogP contribution in [0.15, 0.2) is 103 Å². The van der Waals surface area contributed by atoms with Gasteiger partial charge >= 0.3 is 0 Å².